The maximum absolute atomic E-state index is 12.9. The van der Waals surface area contributed by atoms with Crippen molar-refractivity contribution in [1.29, 1.82) is 0 Å². The molecule has 2 heterocycles. The topological polar surface area (TPSA) is 49.3 Å². The van der Waals surface area contributed by atoms with E-state index >= 15 is 0 Å². The number of anilines is 1. The molecule has 1 aliphatic carbocycles. The van der Waals surface area contributed by atoms with Gasteiger partial charge in [0, 0.05) is 54.7 Å². The van der Waals surface area contributed by atoms with Crippen LogP contribution in [-0.4, -0.2) is 47.0 Å². The smallest absolute Gasteiger partial charge is 0.226 e. The third kappa shape index (κ3) is 3.47. The molecule has 1 aromatic carbocycles. The van der Waals surface area contributed by atoms with E-state index in [9.17, 15) is 4.79 Å². The number of carbonyl (C=O) groups is 1. The summed E-state index contributed by atoms with van der Waals surface area (Å²) in [5, 5.41) is 0.749. The number of hydrogen-bond acceptors (Lipinski definition) is 4. The van der Waals surface area contributed by atoms with Crippen molar-refractivity contribution in [2.24, 2.45) is 5.92 Å². The summed E-state index contributed by atoms with van der Waals surface area (Å²) in [7, 11) is 0. The molecule has 1 saturated heterocycles. The molecule has 1 aromatic heterocycles. The molecule has 1 unspecified atom stereocenters. The molecular formula is C19H21ClN4O. The van der Waals surface area contributed by atoms with Gasteiger partial charge in [-0.15, -0.1) is 0 Å². The quantitative estimate of drug-likeness (QED) is 0.830. The second-order valence-corrected chi connectivity index (χ2v) is 7.16. The lowest BCUT2D eigenvalue weighted by atomic mass is 9.86. The Balaban J connectivity index is 1.37. The van der Waals surface area contributed by atoms with Crippen molar-refractivity contribution in [2.75, 3.05) is 31.1 Å². The fourth-order valence-corrected chi connectivity index (χ4v) is 3.97. The number of benzene rings is 1. The molecule has 4 rings (SSSR count). The summed E-state index contributed by atoms with van der Waals surface area (Å²) in [6, 6.07) is 7.91. The first-order valence-corrected chi connectivity index (χ1v) is 9.15. The zero-order valence-corrected chi connectivity index (χ0v) is 14.8. The Morgan fingerprint density at radius 2 is 2.04 bits per heavy atom. The summed E-state index contributed by atoms with van der Waals surface area (Å²) in [6.07, 6.45) is 5.98. The van der Waals surface area contributed by atoms with Crippen LogP contribution in [0, 0.1) is 5.92 Å². The molecular weight excluding hydrogens is 336 g/mol. The number of fused-ring (bicyclic) bond motifs is 1. The lowest BCUT2D eigenvalue weighted by Gasteiger charge is -2.38. The molecule has 0 spiro atoms. The van der Waals surface area contributed by atoms with Crippen LogP contribution in [0.1, 0.15) is 17.7 Å². The normalized spacial score (nSPS) is 20.3. The van der Waals surface area contributed by atoms with Crippen LogP contribution < -0.4 is 4.90 Å². The Bertz CT molecular complexity index is 774. The van der Waals surface area contributed by atoms with Crippen LogP contribution in [0.2, 0.25) is 5.02 Å². The van der Waals surface area contributed by atoms with Gasteiger partial charge in [-0.05, 0) is 43.0 Å². The predicted octanol–water partition coefficient (Wildman–Crippen LogP) is 2.58. The van der Waals surface area contributed by atoms with Crippen LogP contribution in [0.25, 0.3) is 0 Å². The van der Waals surface area contributed by atoms with Crippen LogP contribution in [-0.2, 0) is 17.6 Å². The number of piperazine rings is 1. The lowest BCUT2D eigenvalue weighted by molar-refractivity contribution is -0.136. The molecule has 6 heteroatoms. The number of carbonyl (C=O) groups excluding carboxylic acids is 1. The van der Waals surface area contributed by atoms with E-state index in [0.29, 0.717) is 0 Å². The summed E-state index contributed by atoms with van der Waals surface area (Å²) < 4.78 is 0. The maximum atomic E-state index is 12.9. The summed E-state index contributed by atoms with van der Waals surface area (Å²) in [5.41, 5.74) is 3.36. The Kier molecular flexibility index (Phi) is 4.57. The van der Waals surface area contributed by atoms with Crippen molar-refractivity contribution in [1.82, 2.24) is 14.9 Å². The molecule has 1 fully saturated rings. The minimum atomic E-state index is 0.0659. The number of aryl methyl sites for hydroxylation is 1. The van der Waals surface area contributed by atoms with E-state index < -0.39 is 0 Å². The zero-order chi connectivity index (χ0) is 17.2. The van der Waals surface area contributed by atoms with Crippen LogP contribution in [0.3, 0.4) is 0 Å². The van der Waals surface area contributed by atoms with E-state index in [1.807, 2.05) is 29.3 Å². The molecule has 130 valence electrons. The first-order chi connectivity index (χ1) is 12.2. The summed E-state index contributed by atoms with van der Waals surface area (Å²) in [6.45, 7) is 3.22. The Labute approximate surface area is 152 Å². The SMILES string of the molecule is O=C(C1CCc2ncncc2C1)N1CCN(c2cccc(Cl)c2)CC1. The van der Waals surface area contributed by atoms with Crippen molar-refractivity contribution in [3.05, 3.63) is 53.1 Å². The number of halogens is 1. The average molecular weight is 357 g/mol. The second kappa shape index (κ2) is 7.00. The largest absolute Gasteiger partial charge is 0.368 e. The minimum absolute atomic E-state index is 0.0659. The highest BCUT2D eigenvalue weighted by Gasteiger charge is 2.30. The first kappa shape index (κ1) is 16.3. The molecule has 2 aromatic rings. The summed E-state index contributed by atoms with van der Waals surface area (Å²) in [4.78, 5) is 25.6. The molecule has 5 nitrogen and oxygen atoms in total. The van der Waals surface area contributed by atoms with Crippen molar-refractivity contribution >= 4 is 23.2 Å². The Hall–Kier alpha value is -2.14. The molecule has 0 radical (unpaired) electrons. The van der Waals surface area contributed by atoms with E-state index in [1.54, 1.807) is 6.33 Å². The number of hydrogen-bond donors (Lipinski definition) is 0. The fourth-order valence-electron chi connectivity index (χ4n) is 3.78. The fraction of sp³-hybridized carbons (Fsp3) is 0.421. The molecule has 0 N–H and O–H groups in total. The van der Waals surface area contributed by atoms with Gasteiger partial charge in [0.05, 0.1) is 0 Å². The molecule has 1 aliphatic heterocycles. The highest BCUT2D eigenvalue weighted by Crippen LogP contribution is 2.26. The molecule has 1 atom stereocenters. The van der Waals surface area contributed by atoms with Gasteiger partial charge in [0.1, 0.15) is 6.33 Å². The lowest BCUT2D eigenvalue weighted by Crippen LogP contribution is -2.51. The molecule has 25 heavy (non-hydrogen) atoms. The zero-order valence-electron chi connectivity index (χ0n) is 14.1. The van der Waals surface area contributed by atoms with Gasteiger partial charge in [0.2, 0.25) is 5.91 Å². The van der Waals surface area contributed by atoms with Crippen molar-refractivity contribution in [3.8, 4) is 0 Å². The van der Waals surface area contributed by atoms with Crippen LogP contribution in [0.15, 0.2) is 36.8 Å². The van der Waals surface area contributed by atoms with Gasteiger partial charge in [-0.2, -0.15) is 0 Å². The standard InChI is InChI=1S/C19H21ClN4O/c20-16-2-1-3-17(11-16)23-6-8-24(9-7-23)19(25)14-4-5-18-15(10-14)12-21-13-22-18/h1-3,11-14H,4-10H2. The van der Waals surface area contributed by atoms with Crippen molar-refractivity contribution in [2.45, 2.75) is 19.3 Å². The van der Waals surface area contributed by atoms with Crippen LogP contribution in [0.5, 0.6) is 0 Å². The second-order valence-electron chi connectivity index (χ2n) is 6.73. The summed E-state index contributed by atoms with van der Waals surface area (Å²) in [5.74, 6) is 0.344. The number of nitrogens with zero attached hydrogens (tertiary/aromatic N) is 4. The van der Waals surface area contributed by atoms with Gasteiger partial charge in [-0.3, -0.25) is 4.79 Å². The first-order valence-electron chi connectivity index (χ1n) is 8.78. The Morgan fingerprint density at radius 3 is 2.84 bits per heavy atom. The number of rotatable bonds is 2. The average Bonchev–Trinajstić information content (AvgIpc) is 2.67. The van der Waals surface area contributed by atoms with Crippen LogP contribution in [0.4, 0.5) is 5.69 Å². The van der Waals surface area contributed by atoms with E-state index in [0.717, 1.165) is 67.4 Å². The Morgan fingerprint density at radius 1 is 1.20 bits per heavy atom. The molecule has 2 aliphatic rings. The van der Waals surface area contributed by atoms with Crippen molar-refractivity contribution in [3.63, 3.8) is 0 Å². The molecule has 1 amide bonds. The highest BCUT2D eigenvalue weighted by atomic mass is 35.5. The van der Waals surface area contributed by atoms with Gasteiger partial charge in [-0.25, -0.2) is 9.97 Å². The van der Waals surface area contributed by atoms with Gasteiger partial charge >= 0.3 is 0 Å². The summed E-state index contributed by atoms with van der Waals surface area (Å²) >= 11 is 6.08. The highest BCUT2D eigenvalue weighted by molar-refractivity contribution is 6.30. The third-order valence-electron chi connectivity index (χ3n) is 5.19. The third-order valence-corrected chi connectivity index (χ3v) is 5.43. The van der Waals surface area contributed by atoms with E-state index in [2.05, 4.69) is 20.9 Å². The minimum Gasteiger partial charge on any atom is -0.368 e. The van der Waals surface area contributed by atoms with E-state index in [-0.39, 0.29) is 11.8 Å². The van der Waals surface area contributed by atoms with Gasteiger partial charge in [0.25, 0.3) is 0 Å². The van der Waals surface area contributed by atoms with Gasteiger partial charge in [0.15, 0.2) is 0 Å². The predicted molar refractivity (Wildman–Crippen MR) is 97.8 cm³/mol. The molecule has 0 saturated carbocycles. The maximum Gasteiger partial charge on any atom is 0.226 e. The van der Waals surface area contributed by atoms with E-state index in [1.165, 1.54) is 0 Å². The number of aromatic nitrogens is 2. The van der Waals surface area contributed by atoms with Gasteiger partial charge < -0.3 is 9.80 Å². The van der Waals surface area contributed by atoms with Gasteiger partial charge in [-0.1, -0.05) is 17.7 Å². The van der Waals surface area contributed by atoms with E-state index in [4.69, 9.17) is 11.6 Å². The number of amides is 1. The molecule has 0 bridgehead atoms. The monoisotopic (exact) mass is 356 g/mol. The van der Waals surface area contributed by atoms with Crippen molar-refractivity contribution < 1.29 is 4.79 Å². The van der Waals surface area contributed by atoms with Crippen LogP contribution >= 0.6 is 11.6 Å².